The largest absolute Gasteiger partial charge is 0.377 e. The van der Waals surface area contributed by atoms with E-state index in [-0.39, 0.29) is 0 Å². The summed E-state index contributed by atoms with van der Waals surface area (Å²) >= 11 is 2.12. The highest BCUT2D eigenvalue weighted by molar-refractivity contribution is 7.99. The molecule has 1 saturated heterocycles. The molecule has 24 heavy (non-hydrogen) atoms. The second kappa shape index (κ2) is 7.06. The third-order valence-corrected chi connectivity index (χ3v) is 8.01. The standard InChI is InChI=1S/C19H33N3OS/c1-3-20-18(21-13-6-7-14(12-13)24-4-2)22-16-15-8-11-23-17(15)19(16)9-5-10-19/h13-17H,3-12H2,1-2H3,(H2,20,21,22). The zero-order chi connectivity index (χ0) is 16.6. The second-order valence-electron chi connectivity index (χ2n) is 8.01. The van der Waals surface area contributed by atoms with Crippen LogP contribution in [0.2, 0.25) is 0 Å². The Labute approximate surface area is 151 Å². The summed E-state index contributed by atoms with van der Waals surface area (Å²) in [4.78, 5) is 4.77. The summed E-state index contributed by atoms with van der Waals surface area (Å²) in [7, 11) is 0. The molecule has 4 rings (SSSR count). The molecular weight excluding hydrogens is 318 g/mol. The number of nitrogens with one attached hydrogen (secondary N) is 2. The predicted molar refractivity (Wildman–Crippen MR) is 102 cm³/mol. The lowest BCUT2D eigenvalue weighted by Crippen LogP contribution is -2.72. The fraction of sp³-hybridized carbons (Fsp3) is 0.947. The first-order valence-corrected chi connectivity index (χ1v) is 11.1. The molecule has 0 radical (unpaired) electrons. The molecule has 4 nitrogen and oxygen atoms in total. The number of fused-ring (bicyclic) bond motifs is 2. The number of rotatable bonds is 5. The lowest BCUT2D eigenvalue weighted by atomic mass is 9.46. The third kappa shape index (κ3) is 2.86. The third-order valence-electron chi connectivity index (χ3n) is 6.77. The van der Waals surface area contributed by atoms with Gasteiger partial charge >= 0.3 is 0 Å². The van der Waals surface area contributed by atoms with Gasteiger partial charge in [0.05, 0.1) is 6.10 Å². The SMILES string of the molecule is CCN=C(NC1CCC(SCC)C1)NC1C2CCOC2C12CCC2. The van der Waals surface area contributed by atoms with Crippen LogP contribution in [0, 0.1) is 11.3 Å². The van der Waals surface area contributed by atoms with Crippen LogP contribution in [0.25, 0.3) is 0 Å². The van der Waals surface area contributed by atoms with Crippen LogP contribution in [0.5, 0.6) is 0 Å². The summed E-state index contributed by atoms with van der Waals surface area (Å²) in [6.45, 7) is 6.21. The lowest BCUT2D eigenvalue weighted by molar-refractivity contribution is -0.171. The molecule has 136 valence electrons. The van der Waals surface area contributed by atoms with E-state index in [1.54, 1.807) is 0 Å². The second-order valence-corrected chi connectivity index (χ2v) is 9.58. The van der Waals surface area contributed by atoms with Gasteiger partial charge in [-0.3, -0.25) is 4.99 Å². The molecule has 5 unspecified atom stereocenters. The maximum Gasteiger partial charge on any atom is 0.191 e. The van der Waals surface area contributed by atoms with Gasteiger partial charge in [-0.05, 0) is 51.2 Å². The van der Waals surface area contributed by atoms with E-state index in [1.807, 2.05) is 0 Å². The normalized spacial score (nSPS) is 40.1. The molecular formula is C19H33N3OS. The molecule has 4 fully saturated rings. The zero-order valence-electron chi connectivity index (χ0n) is 15.2. The molecule has 1 heterocycles. The van der Waals surface area contributed by atoms with E-state index in [9.17, 15) is 0 Å². The summed E-state index contributed by atoms with van der Waals surface area (Å²) in [5, 5.41) is 8.44. The molecule has 3 saturated carbocycles. The Hall–Kier alpha value is -0.420. The maximum atomic E-state index is 6.05. The number of hydrogen-bond acceptors (Lipinski definition) is 3. The van der Waals surface area contributed by atoms with Crippen LogP contribution in [0.1, 0.15) is 58.8 Å². The molecule has 2 N–H and O–H groups in total. The van der Waals surface area contributed by atoms with Gasteiger partial charge < -0.3 is 15.4 Å². The molecule has 4 aliphatic rings. The number of hydrogen-bond donors (Lipinski definition) is 2. The molecule has 1 aliphatic heterocycles. The van der Waals surface area contributed by atoms with Crippen molar-refractivity contribution >= 4 is 17.7 Å². The first-order chi connectivity index (χ1) is 11.8. The van der Waals surface area contributed by atoms with Crippen LogP contribution in [-0.2, 0) is 4.74 Å². The van der Waals surface area contributed by atoms with E-state index in [4.69, 9.17) is 9.73 Å². The molecule has 0 bridgehead atoms. The fourth-order valence-electron chi connectivity index (χ4n) is 5.55. The number of guanidine groups is 1. The quantitative estimate of drug-likeness (QED) is 0.590. The van der Waals surface area contributed by atoms with Gasteiger partial charge in [0.2, 0.25) is 0 Å². The minimum atomic E-state index is 0.424. The Bertz CT molecular complexity index is 479. The van der Waals surface area contributed by atoms with Gasteiger partial charge in [0.15, 0.2) is 5.96 Å². The van der Waals surface area contributed by atoms with Gasteiger partial charge in [0, 0.05) is 41.8 Å². The Kier molecular flexibility index (Phi) is 5.01. The van der Waals surface area contributed by atoms with Crippen molar-refractivity contribution in [2.45, 2.75) is 82.2 Å². The van der Waals surface area contributed by atoms with Gasteiger partial charge in [-0.25, -0.2) is 0 Å². The molecule has 5 atom stereocenters. The molecule has 1 spiro atoms. The van der Waals surface area contributed by atoms with E-state index in [0.29, 0.717) is 29.5 Å². The number of ether oxygens (including phenoxy) is 1. The van der Waals surface area contributed by atoms with Crippen LogP contribution < -0.4 is 10.6 Å². The van der Waals surface area contributed by atoms with Crippen LogP contribution >= 0.6 is 11.8 Å². The summed E-state index contributed by atoms with van der Waals surface area (Å²) in [6.07, 6.45) is 9.72. The minimum Gasteiger partial charge on any atom is -0.377 e. The van der Waals surface area contributed by atoms with E-state index in [2.05, 4.69) is 36.2 Å². The van der Waals surface area contributed by atoms with E-state index in [0.717, 1.165) is 24.4 Å². The van der Waals surface area contributed by atoms with Crippen molar-refractivity contribution in [1.82, 2.24) is 10.6 Å². The average Bonchev–Trinajstić information content (AvgIpc) is 3.12. The molecule has 5 heteroatoms. The van der Waals surface area contributed by atoms with Crippen LogP contribution in [-0.4, -0.2) is 48.3 Å². The number of aliphatic imine (C=N–C) groups is 1. The Balaban J connectivity index is 1.37. The van der Waals surface area contributed by atoms with Crippen molar-refractivity contribution in [3.8, 4) is 0 Å². The van der Waals surface area contributed by atoms with Crippen molar-refractivity contribution in [1.29, 1.82) is 0 Å². The molecule has 3 aliphatic carbocycles. The lowest BCUT2D eigenvalue weighted by Gasteiger charge is -2.63. The van der Waals surface area contributed by atoms with Crippen molar-refractivity contribution in [3.05, 3.63) is 0 Å². The van der Waals surface area contributed by atoms with Crippen LogP contribution in [0.15, 0.2) is 4.99 Å². The Morgan fingerprint density at radius 3 is 2.79 bits per heavy atom. The van der Waals surface area contributed by atoms with Crippen LogP contribution in [0.4, 0.5) is 0 Å². The summed E-state index contributed by atoms with van der Waals surface area (Å²) in [6, 6.07) is 1.18. The molecule has 0 aromatic heterocycles. The van der Waals surface area contributed by atoms with Crippen LogP contribution in [0.3, 0.4) is 0 Å². The highest BCUT2D eigenvalue weighted by Gasteiger charge is 2.66. The fourth-order valence-corrected chi connectivity index (χ4v) is 6.69. The number of thioether (sulfide) groups is 1. The Morgan fingerprint density at radius 2 is 2.08 bits per heavy atom. The van der Waals surface area contributed by atoms with Gasteiger partial charge in [-0.1, -0.05) is 13.3 Å². The van der Waals surface area contributed by atoms with Crippen molar-refractivity contribution in [2.75, 3.05) is 18.9 Å². The van der Waals surface area contributed by atoms with Gasteiger partial charge in [-0.2, -0.15) is 11.8 Å². The Morgan fingerprint density at radius 1 is 1.21 bits per heavy atom. The zero-order valence-corrected chi connectivity index (χ0v) is 16.0. The van der Waals surface area contributed by atoms with Gasteiger partial charge in [0.1, 0.15) is 0 Å². The predicted octanol–water partition coefficient (Wildman–Crippen LogP) is 3.17. The van der Waals surface area contributed by atoms with E-state index in [1.165, 1.54) is 50.7 Å². The van der Waals surface area contributed by atoms with Gasteiger partial charge in [-0.15, -0.1) is 0 Å². The average molecular weight is 352 g/mol. The summed E-state index contributed by atoms with van der Waals surface area (Å²) < 4.78 is 6.05. The maximum absolute atomic E-state index is 6.05. The topological polar surface area (TPSA) is 45.7 Å². The molecule has 0 aromatic rings. The summed E-state index contributed by atoms with van der Waals surface area (Å²) in [5.74, 6) is 3.01. The van der Waals surface area contributed by atoms with Gasteiger partial charge in [0.25, 0.3) is 0 Å². The van der Waals surface area contributed by atoms with E-state index < -0.39 is 0 Å². The van der Waals surface area contributed by atoms with Crippen molar-refractivity contribution < 1.29 is 4.74 Å². The van der Waals surface area contributed by atoms with E-state index >= 15 is 0 Å². The first-order valence-electron chi connectivity index (χ1n) is 10.1. The molecule has 0 aromatic carbocycles. The number of nitrogens with zero attached hydrogens (tertiary/aromatic N) is 1. The van der Waals surface area contributed by atoms with Crippen molar-refractivity contribution in [2.24, 2.45) is 16.3 Å². The first kappa shape index (κ1) is 17.0. The molecule has 0 amide bonds. The highest BCUT2D eigenvalue weighted by Crippen LogP contribution is 2.62. The minimum absolute atomic E-state index is 0.424. The summed E-state index contributed by atoms with van der Waals surface area (Å²) in [5.41, 5.74) is 0.424. The highest BCUT2D eigenvalue weighted by atomic mass is 32.2. The van der Waals surface area contributed by atoms with Crippen molar-refractivity contribution in [3.63, 3.8) is 0 Å². The smallest absolute Gasteiger partial charge is 0.191 e. The monoisotopic (exact) mass is 351 g/mol.